The molecule has 162 valence electrons. The topological polar surface area (TPSA) is 88.7 Å². The lowest BCUT2D eigenvalue weighted by molar-refractivity contribution is -0.151. The standard InChI is InChI=1S/C22H29ClN4O3/c1-22(30)10-15(11-22)20(28)27-7-3-4-18(13-27)26(2)21(29)24-12-17-9-14-8-16(23)5-6-19(14)25-17/h5-6,8-9,15,18,25,30H,3-4,7,10-13H2,1-2H3,(H,24,29)/t15?,18-,22?/m1/s1. The van der Waals surface area contributed by atoms with Crippen LogP contribution in [0.4, 0.5) is 4.79 Å². The zero-order chi connectivity index (χ0) is 21.5. The summed E-state index contributed by atoms with van der Waals surface area (Å²) in [5.41, 5.74) is 1.18. The van der Waals surface area contributed by atoms with Crippen LogP contribution in [0.5, 0.6) is 0 Å². The van der Waals surface area contributed by atoms with Gasteiger partial charge in [0.15, 0.2) is 0 Å². The van der Waals surface area contributed by atoms with Crippen LogP contribution in [0.25, 0.3) is 10.9 Å². The molecule has 7 nitrogen and oxygen atoms in total. The number of urea groups is 1. The number of likely N-dealkylation sites (N-methyl/N-ethyl adjacent to an activating group) is 1. The molecule has 3 amide bonds. The maximum atomic E-state index is 12.7. The summed E-state index contributed by atoms with van der Waals surface area (Å²) in [6, 6.07) is 7.46. The van der Waals surface area contributed by atoms with E-state index < -0.39 is 5.60 Å². The van der Waals surface area contributed by atoms with Crippen molar-refractivity contribution >= 4 is 34.4 Å². The first-order chi connectivity index (χ1) is 14.2. The van der Waals surface area contributed by atoms with E-state index in [4.69, 9.17) is 11.6 Å². The van der Waals surface area contributed by atoms with Gasteiger partial charge < -0.3 is 25.2 Å². The third-order valence-electron chi connectivity index (χ3n) is 6.37. The lowest BCUT2D eigenvalue weighted by atomic mass is 9.71. The number of carbonyl (C=O) groups excluding carboxylic acids is 2. The Kier molecular flexibility index (Phi) is 5.68. The van der Waals surface area contributed by atoms with E-state index in [2.05, 4.69) is 10.3 Å². The van der Waals surface area contributed by atoms with E-state index in [1.807, 2.05) is 29.2 Å². The van der Waals surface area contributed by atoms with Crippen molar-refractivity contribution in [3.8, 4) is 0 Å². The van der Waals surface area contributed by atoms with Gasteiger partial charge in [0.05, 0.1) is 18.2 Å². The SMILES string of the molecule is CN(C(=O)NCc1cc2cc(Cl)ccc2[nH]1)[C@@H]1CCCN(C(=O)C2CC(C)(O)C2)C1. The molecule has 0 bridgehead atoms. The van der Waals surface area contributed by atoms with Crippen molar-refractivity contribution in [2.75, 3.05) is 20.1 Å². The third-order valence-corrected chi connectivity index (χ3v) is 6.60. The number of hydrogen-bond acceptors (Lipinski definition) is 3. The predicted molar refractivity (Wildman–Crippen MR) is 116 cm³/mol. The molecule has 30 heavy (non-hydrogen) atoms. The van der Waals surface area contributed by atoms with E-state index in [1.54, 1.807) is 18.9 Å². The van der Waals surface area contributed by atoms with Crippen molar-refractivity contribution in [3.63, 3.8) is 0 Å². The number of aromatic nitrogens is 1. The van der Waals surface area contributed by atoms with E-state index in [9.17, 15) is 14.7 Å². The molecule has 1 aromatic carbocycles. The fourth-order valence-corrected chi connectivity index (χ4v) is 4.81. The summed E-state index contributed by atoms with van der Waals surface area (Å²) in [5.74, 6) is 0.0187. The van der Waals surface area contributed by atoms with Crippen molar-refractivity contribution in [1.29, 1.82) is 0 Å². The van der Waals surface area contributed by atoms with Crippen LogP contribution in [-0.2, 0) is 11.3 Å². The highest BCUT2D eigenvalue weighted by Gasteiger charge is 2.44. The number of benzene rings is 1. The fourth-order valence-electron chi connectivity index (χ4n) is 4.63. The molecule has 2 aromatic rings. The Bertz CT molecular complexity index is 949. The summed E-state index contributed by atoms with van der Waals surface area (Å²) in [6.07, 6.45) is 2.80. The number of carbonyl (C=O) groups is 2. The minimum atomic E-state index is -0.708. The Hall–Kier alpha value is -2.25. The summed E-state index contributed by atoms with van der Waals surface area (Å²) < 4.78 is 0. The zero-order valence-corrected chi connectivity index (χ0v) is 18.2. The average molecular weight is 433 g/mol. The van der Waals surface area contributed by atoms with E-state index in [1.165, 1.54) is 0 Å². The molecule has 1 saturated carbocycles. The van der Waals surface area contributed by atoms with Crippen LogP contribution < -0.4 is 5.32 Å². The van der Waals surface area contributed by atoms with Crippen LogP contribution in [-0.4, -0.2) is 63.6 Å². The number of aromatic amines is 1. The minimum Gasteiger partial charge on any atom is -0.390 e. The molecule has 1 aromatic heterocycles. The molecule has 8 heteroatoms. The van der Waals surface area contributed by atoms with E-state index in [0.717, 1.165) is 36.0 Å². The summed E-state index contributed by atoms with van der Waals surface area (Å²) in [6.45, 7) is 3.44. The summed E-state index contributed by atoms with van der Waals surface area (Å²) in [7, 11) is 1.78. The van der Waals surface area contributed by atoms with E-state index in [0.29, 0.717) is 31.0 Å². The predicted octanol–water partition coefficient (Wildman–Crippen LogP) is 3.11. The van der Waals surface area contributed by atoms with Gasteiger partial charge in [-0.25, -0.2) is 4.79 Å². The Morgan fingerprint density at radius 3 is 2.87 bits per heavy atom. The second-order valence-electron chi connectivity index (χ2n) is 8.98. The Morgan fingerprint density at radius 1 is 1.37 bits per heavy atom. The molecule has 0 unspecified atom stereocenters. The minimum absolute atomic E-state index is 0.00944. The van der Waals surface area contributed by atoms with Gasteiger partial charge in [0, 0.05) is 47.7 Å². The molecule has 3 N–H and O–H groups in total. The first kappa shape index (κ1) is 21.0. The third kappa shape index (κ3) is 4.42. The van der Waals surface area contributed by atoms with Crippen LogP contribution >= 0.6 is 11.6 Å². The molecule has 1 atom stereocenters. The number of hydrogen-bond donors (Lipinski definition) is 3. The Labute approximate surface area is 181 Å². The van der Waals surface area contributed by atoms with Gasteiger partial charge >= 0.3 is 6.03 Å². The van der Waals surface area contributed by atoms with Gasteiger partial charge in [-0.2, -0.15) is 0 Å². The van der Waals surface area contributed by atoms with E-state index in [-0.39, 0.29) is 23.9 Å². The zero-order valence-electron chi connectivity index (χ0n) is 17.4. The number of piperidine rings is 1. The summed E-state index contributed by atoms with van der Waals surface area (Å²) in [4.78, 5) is 32.2. The molecular weight excluding hydrogens is 404 g/mol. The average Bonchev–Trinajstić information content (AvgIpc) is 3.11. The van der Waals surface area contributed by atoms with Gasteiger partial charge in [0.2, 0.25) is 5.91 Å². The largest absolute Gasteiger partial charge is 0.390 e. The number of amides is 3. The number of aliphatic hydroxyl groups is 1. The van der Waals surface area contributed by atoms with Gasteiger partial charge in [-0.1, -0.05) is 11.6 Å². The quantitative estimate of drug-likeness (QED) is 0.693. The molecule has 0 radical (unpaired) electrons. The van der Waals surface area contributed by atoms with Crippen molar-refractivity contribution in [3.05, 3.63) is 35.0 Å². The molecule has 4 rings (SSSR count). The highest BCUT2D eigenvalue weighted by Crippen LogP contribution is 2.38. The van der Waals surface area contributed by atoms with Crippen LogP contribution in [0.1, 0.15) is 38.3 Å². The molecule has 2 aliphatic rings. The van der Waals surface area contributed by atoms with Crippen LogP contribution in [0.2, 0.25) is 5.02 Å². The number of likely N-dealkylation sites (tertiary alicyclic amines) is 1. The second kappa shape index (κ2) is 8.12. The summed E-state index contributed by atoms with van der Waals surface area (Å²) in [5, 5.41) is 14.6. The molecule has 1 aliphatic carbocycles. The normalized spacial score (nSPS) is 26.3. The first-order valence-corrected chi connectivity index (χ1v) is 10.9. The Balaban J connectivity index is 1.31. The number of H-pyrrole nitrogens is 1. The highest BCUT2D eigenvalue weighted by atomic mass is 35.5. The smallest absolute Gasteiger partial charge is 0.317 e. The van der Waals surface area contributed by atoms with E-state index >= 15 is 0 Å². The van der Waals surface area contributed by atoms with Gasteiger partial charge in [-0.3, -0.25) is 4.79 Å². The maximum absolute atomic E-state index is 12.7. The lowest BCUT2D eigenvalue weighted by Gasteiger charge is -2.44. The number of rotatable bonds is 4. The monoisotopic (exact) mass is 432 g/mol. The van der Waals surface area contributed by atoms with Crippen LogP contribution in [0.15, 0.2) is 24.3 Å². The van der Waals surface area contributed by atoms with Crippen molar-refractivity contribution in [2.24, 2.45) is 5.92 Å². The summed E-state index contributed by atoms with van der Waals surface area (Å²) >= 11 is 6.03. The molecule has 1 saturated heterocycles. The molecule has 2 fully saturated rings. The van der Waals surface area contributed by atoms with Gasteiger partial charge in [-0.05, 0) is 56.9 Å². The van der Waals surface area contributed by atoms with Crippen molar-refractivity contribution < 1.29 is 14.7 Å². The second-order valence-corrected chi connectivity index (χ2v) is 9.41. The first-order valence-electron chi connectivity index (χ1n) is 10.5. The molecule has 1 aliphatic heterocycles. The lowest BCUT2D eigenvalue weighted by Crippen LogP contribution is -2.56. The fraction of sp³-hybridized carbons (Fsp3) is 0.545. The van der Waals surface area contributed by atoms with Crippen molar-refractivity contribution in [1.82, 2.24) is 20.1 Å². The highest BCUT2D eigenvalue weighted by molar-refractivity contribution is 6.31. The molecule has 0 spiro atoms. The Morgan fingerprint density at radius 2 is 2.13 bits per heavy atom. The van der Waals surface area contributed by atoms with Gasteiger partial charge in [0.1, 0.15) is 0 Å². The van der Waals surface area contributed by atoms with Crippen LogP contribution in [0.3, 0.4) is 0 Å². The van der Waals surface area contributed by atoms with Gasteiger partial charge in [0.25, 0.3) is 0 Å². The van der Waals surface area contributed by atoms with Gasteiger partial charge in [-0.15, -0.1) is 0 Å². The maximum Gasteiger partial charge on any atom is 0.317 e. The molecule has 2 heterocycles. The van der Waals surface area contributed by atoms with Crippen molar-refractivity contribution in [2.45, 2.75) is 50.8 Å². The number of nitrogens with one attached hydrogen (secondary N) is 2. The number of nitrogens with zero attached hydrogens (tertiary/aromatic N) is 2. The number of halogens is 1. The number of fused-ring (bicyclic) bond motifs is 1. The van der Waals surface area contributed by atoms with Crippen LogP contribution in [0, 0.1) is 5.92 Å². The molecular formula is C22H29ClN4O3.